The number of hydrogen-bond acceptors (Lipinski definition) is 2. The number of aryl methyl sites for hydroxylation is 1. The number of nitrogens with one attached hydrogen (secondary N) is 2. The van der Waals surface area contributed by atoms with E-state index in [1.54, 1.807) is 23.5 Å². The Hall–Kier alpha value is -3.12. The van der Waals surface area contributed by atoms with Gasteiger partial charge in [0.25, 0.3) is 0 Å². The fourth-order valence-corrected chi connectivity index (χ4v) is 4.23. The summed E-state index contributed by atoms with van der Waals surface area (Å²) < 4.78 is 15.2. The van der Waals surface area contributed by atoms with Gasteiger partial charge in [0.1, 0.15) is 5.82 Å². The molecule has 2 aromatic carbocycles. The molecule has 0 aliphatic heterocycles. The summed E-state index contributed by atoms with van der Waals surface area (Å²) >= 11 is 1.68. The number of hydrogen-bond donors (Lipinski definition) is 2. The van der Waals surface area contributed by atoms with E-state index in [0.717, 1.165) is 27.7 Å². The Balaban J connectivity index is 1.52. The predicted molar refractivity (Wildman–Crippen MR) is 112 cm³/mol. The molecule has 0 bridgehead atoms. The van der Waals surface area contributed by atoms with Crippen molar-refractivity contribution in [1.29, 1.82) is 0 Å². The lowest BCUT2D eigenvalue weighted by Crippen LogP contribution is -2.34. The monoisotopic (exact) mass is 393 g/mol. The number of aromatic nitrogens is 1. The van der Waals surface area contributed by atoms with Crippen LogP contribution in [0.15, 0.2) is 66.0 Å². The van der Waals surface area contributed by atoms with Crippen LogP contribution >= 0.6 is 11.3 Å². The number of benzene rings is 2. The van der Waals surface area contributed by atoms with Gasteiger partial charge in [-0.2, -0.15) is 0 Å². The average molecular weight is 393 g/mol. The Bertz CT molecular complexity index is 1100. The molecule has 4 rings (SSSR count). The van der Waals surface area contributed by atoms with E-state index in [4.69, 9.17) is 0 Å². The Labute approximate surface area is 166 Å². The fourth-order valence-electron chi connectivity index (χ4n) is 3.39. The summed E-state index contributed by atoms with van der Waals surface area (Å²) in [6.45, 7) is 0.767. The van der Waals surface area contributed by atoms with Crippen LogP contribution in [0.5, 0.6) is 0 Å². The maximum absolute atomic E-state index is 13.0. The molecule has 0 aliphatic carbocycles. The number of urea groups is 1. The standard InChI is InChI=1S/C22H20FN3OS/c1-26-19-6-3-2-5-17(19)18(21(26)20-7-4-12-28-20)14-25-22(27)24-13-15-8-10-16(23)11-9-15/h2-12H,13-14H2,1H3,(H2,24,25,27). The molecule has 6 heteroatoms. The second-order valence-corrected chi connectivity index (χ2v) is 7.49. The summed E-state index contributed by atoms with van der Waals surface area (Å²) in [4.78, 5) is 13.5. The van der Waals surface area contributed by atoms with E-state index < -0.39 is 0 Å². The molecule has 142 valence electrons. The first kappa shape index (κ1) is 18.3. The molecule has 0 spiro atoms. The van der Waals surface area contributed by atoms with Crippen molar-refractivity contribution < 1.29 is 9.18 Å². The van der Waals surface area contributed by atoms with Crippen molar-refractivity contribution >= 4 is 28.3 Å². The number of halogens is 1. The molecule has 4 aromatic rings. The van der Waals surface area contributed by atoms with Gasteiger partial charge in [-0.25, -0.2) is 9.18 Å². The van der Waals surface area contributed by atoms with Gasteiger partial charge in [-0.15, -0.1) is 11.3 Å². The van der Waals surface area contributed by atoms with Crippen molar-refractivity contribution in [1.82, 2.24) is 15.2 Å². The van der Waals surface area contributed by atoms with Crippen molar-refractivity contribution in [3.63, 3.8) is 0 Å². The Morgan fingerprint density at radius 3 is 2.50 bits per heavy atom. The molecular formula is C22H20FN3OS. The van der Waals surface area contributed by atoms with Gasteiger partial charge in [-0.3, -0.25) is 0 Å². The van der Waals surface area contributed by atoms with Crippen LogP contribution < -0.4 is 10.6 Å². The van der Waals surface area contributed by atoms with Gasteiger partial charge in [0.2, 0.25) is 0 Å². The maximum Gasteiger partial charge on any atom is 0.315 e. The number of para-hydroxylation sites is 1. The van der Waals surface area contributed by atoms with Gasteiger partial charge >= 0.3 is 6.03 Å². The van der Waals surface area contributed by atoms with Gasteiger partial charge in [0, 0.05) is 36.6 Å². The third kappa shape index (κ3) is 3.64. The molecule has 2 amide bonds. The normalized spacial score (nSPS) is 10.9. The van der Waals surface area contributed by atoms with Crippen LogP contribution in [0.25, 0.3) is 21.5 Å². The van der Waals surface area contributed by atoms with Crippen molar-refractivity contribution in [3.05, 3.63) is 83.0 Å². The SMILES string of the molecule is Cn1c(-c2cccs2)c(CNC(=O)NCc2ccc(F)cc2)c2ccccc21. The highest BCUT2D eigenvalue weighted by Crippen LogP contribution is 2.35. The van der Waals surface area contributed by atoms with Gasteiger partial charge < -0.3 is 15.2 Å². The summed E-state index contributed by atoms with van der Waals surface area (Å²) in [7, 11) is 2.05. The topological polar surface area (TPSA) is 46.1 Å². The largest absolute Gasteiger partial charge is 0.343 e. The highest BCUT2D eigenvalue weighted by molar-refractivity contribution is 7.13. The number of nitrogens with zero attached hydrogens (tertiary/aromatic N) is 1. The first-order chi connectivity index (χ1) is 13.6. The Kier molecular flexibility index (Phi) is 5.12. The number of carbonyl (C=O) groups is 1. The molecule has 0 atom stereocenters. The Morgan fingerprint density at radius 1 is 1.00 bits per heavy atom. The minimum absolute atomic E-state index is 0.255. The zero-order chi connectivity index (χ0) is 19.5. The van der Waals surface area contributed by atoms with Crippen LogP contribution in [0.4, 0.5) is 9.18 Å². The van der Waals surface area contributed by atoms with Crippen LogP contribution in [0, 0.1) is 5.82 Å². The molecule has 2 heterocycles. The van der Waals surface area contributed by atoms with Gasteiger partial charge in [0.05, 0.1) is 10.6 Å². The zero-order valence-electron chi connectivity index (χ0n) is 15.4. The lowest BCUT2D eigenvalue weighted by Gasteiger charge is -2.10. The first-order valence-corrected chi connectivity index (χ1v) is 9.88. The minimum atomic E-state index is -0.287. The Morgan fingerprint density at radius 2 is 1.75 bits per heavy atom. The molecule has 2 N–H and O–H groups in total. The molecule has 0 saturated heterocycles. The summed E-state index contributed by atoms with van der Waals surface area (Å²) in [5, 5.41) is 8.96. The highest BCUT2D eigenvalue weighted by atomic mass is 32.1. The molecule has 0 radical (unpaired) electrons. The second-order valence-electron chi connectivity index (χ2n) is 6.54. The number of amides is 2. The van der Waals surface area contributed by atoms with Crippen LogP contribution in [-0.2, 0) is 20.1 Å². The van der Waals surface area contributed by atoms with Crippen LogP contribution in [0.1, 0.15) is 11.1 Å². The van der Waals surface area contributed by atoms with Gasteiger partial charge in [0.15, 0.2) is 0 Å². The third-order valence-electron chi connectivity index (χ3n) is 4.76. The quantitative estimate of drug-likeness (QED) is 0.490. The van der Waals surface area contributed by atoms with E-state index in [-0.39, 0.29) is 11.8 Å². The van der Waals surface area contributed by atoms with Gasteiger partial charge in [-0.05, 0) is 35.2 Å². The smallest absolute Gasteiger partial charge is 0.315 e. The van der Waals surface area contributed by atoms with Crippen LogP contribution in [0.2, 0.25) is 0 Å². The average Bonchev–Trinajstić information content (AvgIpc) is 3.33. The molecule has 0 unspecified atom stereocenters. The lowest BCUT2D eigenvalue weighted by molar-refractivity contribution is 0.240. The number of carbonyl (C=O) groups excluding carboxylic acids is 1. The van der Waals surface area contributed by atoms with E-state index in [1.807, 2.05) is 18.2 Å². The number of thiophene rings is 1. The molecule has 0 fully saturated rings. The molecular weight excluding hydrogens is 373 g/mol. The first-order valence-electron chi connectivity index (χ1n) is 9.00. The van der Waals surface area contributed by atoms with E-state index in [1.165, 1.54) is 17.0 Å². The van der Waals surface area contributed by atoms with E-state index >= 15 is 0 Å². The lowest BCUT2D eigenvalue weighted by atomic mass is 10.1. The number of rotatable bonds is 5. The van der Waals surface area contributed by atoms with Crippen LogP contribution in [0.3, 0.4) is 0 Å². The van der Waals surface area contributed by atoms with Crippen molar-refractivity contribution in [2.75, 3.05) is 0 Å². The molecule has 0 saturated carbocycles. The molecule has 28 heavy (non-hydrogen) atoms. The van der Waals surface area contributed by atoms with Crippen molar-refractivity contribution in [2.45, 2.75) is 13.1 Å². The van der Waals surface area contributed by atoms with Crippen molar-refractivity contribution in [3.8, 4) is 10.6 Å². The third-order valence-corrected chi connectivity index (χ3v) is 5.63. The summed E-state index contributed by atoms with van der Waals surface area (Å²) in [6.07, 6.45) is 0. The molecule has 2 aromatic heterocycles. The van der Waals surface area contributed by atoms with E-state index in [9.17, 15) is 9.18 Å². The van der Waals surface area contributed by atoms with Crippen LogP contribution in [-0.4, -0.2) is 10.6 Å². The van der Waals surface area contributed by atoms with E-state index in [0.29, 0.717) is 13.1 Å². The predicted octanol–water partition coefficient (Wildman–Crippen LogP) is 5.05. The maximum atomic E-state index is 13.0. The summed E-state index contributed by atoms with van der Waals surface area (Å²) in [6, 6.07) is 18.2. The minimum Gasteiger partial charge on any atom is -0.343 e. The molecule has 4 nitrogen and oxygen atoms in total. The van der Waals surface area contributed by atoms with Crippen molar-refractivity contribution in [2.24, 2.45) is 7.05 Å². The van der Waals surface area contributed by atoms with E-state index in [2.05, 4.69) is 45.8 Å². The summed E-state index contributed by atoms with van der Waals surface area (Å²) in [5.41, 5.74) is 4.20. The number of fused-ring (bicyclic) bond motifs is 1. The summed E-state index contributed by atoms with van der Waals surface area (Å²) in [5.74, 6) is -0.287. The highest BCUT2D eigenvalue weighted by Gasteiger charge is 2.17. The second kappa shape index (κ2) is 7.86. The van der Waals surface area contributed by atoms with Gasteiger partial charge in [-0.1, -0.05) is 36.4 Å². The molecule has 0 aliphatic rings. The zero-order valence-corrected chi connectivity index (χ0v) is 16.2. The fraction of sp³-hybridized carbons (Fsp3) is 0.136.